The van der Waals surface area contributed by atoms with Gasteiger partial charge in [0, 0.05) is 0 Å². The van der Waals surface area contributed by atoms with Crippen molar-refractivity contribution in [3.63, 3.8) is 0 Å². The molecule has 1 aliphatic rings. The molecule has 0 aromatic heterocycles. The SMILES string of the molecule is CCOc1cc(/C=C2\SC(=O)N(CCOc3ccccc3OC)C2=O)cc(I)c1OCc1cccc2ccccc12. The zero-order chi connectivity index (χ0) is 28.8. The highest BCUT2D eigenvalue weighted by molar-refractivity contribution is 14.1. The molecule has 9 heteroatoms. The fourth-order valence-corrected chi connectivity index (χ4v) is 6.12. The minimum Gasteiger partial charge on any atom is -0.493 e. The topological polar surface area (TPSA) is 74.3 Å². The predicted molar refractivity (Wildman–Crippen MR) is 170 cm³/mol. The number of carbonyl (C=O) groups excluding carboxylic acids is 2. The van der Waals surface area contributed by atoms with Crippen LogP contribution in [0.4, 0.5) is 4.79 Å². The molecule has 1 saturated heterocycles. The van der Waals surface area contributed by atoms with Crippen LogP contribution >= 0.6 is 34.4 Å². The summed E-state index contributed by atoms with van der Waals surface area (Å²) in [6.07, 6.45) is 1.71. The molecule has 0 unspecified atom stereocenters. The summed E-state index contributed by atoms with van der Waals surface area (Å²) in [5.74, 6) is 2.01. The van der Waals surface area contributed by atoms with E-state index in [0.29, 0.717) is 41.1 Å². The number of para-hydroxylation sites is 2. The molecule has 7 nitrogen and oxygen atoms in total. The number of halogens is 1. The molecule has 41 heavy (non-hydrogen) atoms. The summed E-state index contributed by atoms with van der Waals surface area (Å²) in [5, 5.41) is 1.97. The first-order chi connectivity index (χ1) is 20.0. The minimum atomic E-state index is -0.354. The van der Waals surface area contributed by atoms with E-state index < -0.39 is 0 Å². The molecular formula is C32H28INO6S. The summed E-state index contributed by atoms with van der Waals surface area (Å²) in [4.78, 5) is 27.3. The Labute approximate surface area is 256 Å². The molecule has 0 radical (unpaired) electrons. The number of methoxy groups -OCH3 is 1. The van der Waals surface area contributed by atoms with Gasteiger partial charge in [-0.1, -0.05) is 54.6 Å². The Kier molecular flexibility index (Phi) is 9.35. The Morgan fingerprint density at radius 2 is 1.63 bits per heavy atom. The van der Waals surface area contributed by atoms with Crippen molar-refractivity contribution in [3.8, 4) is 23.0 Å². The van der Waals surface area contributed by atoms with Gasteiger partial charge in [-0.15, -0.1) is 0 Å². The van der Waals surface area contributed by atoms with Crippen LogP contribution in [0.3, 0.4) is 0 Å². The lowest BCUT2D eigenvalue weighted by Crippen LogP contribution is -2.32. The summed E-state index contributed by atoms with van der Waals surface area (Å²) in [6.45, 7) is 3.02. The number of carbonyl (C=O) groups is 2. The fourth-order valence-electron chi connectivity index (χ4n) is 4.47. The average molecular weight is 682 g/mol. The lowest BCUT2D eigenvalue weighted by Gasteiger charge is -2.16. The quantitative estimate of drug-likeness (QED) is 0.120. The van der Waals surface area contributed by atoms with E-state index >= 15 is 0 Å². The van der Waals surface area contributed by atoms with E-state index in [1.165, 1.54) is 4.90 Å². The number of amides is 2. The first-order valence-corrected chi connectivity index (χ1v) is 14.9. The molecule has 0 N–H and O–H groups in total. The van der Waals surface area contributed by atoms with E-state index in [-0.39, 0.29) is 24.3 Å². The highest BCUT2D eigenvalue weighted by Gasteiger charge is 2.35. The zero-order valence-corrected chi connectivity index (χ0v) is 25.6. The molecule has 0 aliphatic carbocycles. The number of hydrogen-bond donors (Lipinski definition) is 0. The first-order valence-electron chi connectivity index (χ1n) is 13.1. The average Bonchev–Trinajstić information content (AvgIpc) is 3.24. The van der Waals surface area contributed by atoms with E-state index in [1.807, 2.05) is 49.4 Å². The third-order valence-electron chi connectivity index (χ3n) is 6.40. The van der Waals surface area contributed by atoms with Gasteiger partial charge in [0.15, 0.2) is 23.0 Å². The van der Waals surface area contributed by atoms with Gasteiger partial charge in [-0.2, -0.15) is 0 Å². The van der Waals surface area contributed by atoms with Crippen molar-refractivity contribution in [2.75, 3.05) is 26.9 Å². The number of fused-ring (bicyclic) bond motifs is 1. The first kappa shape index (κ1) is 28.8. The molecule has 1 heterocycles. The normalized spacial score (nSPS) is 14.1. The van der Waals surface area contributed by atoms with Crippen LogP contribution in [-0.2, 0) is 11.4 Å². The van der Waals surface area contributed by atoms with Gasteiger partial charge in [0.25, 0.3) is 11.1 Å². The van der Waals surface area contributed by atoms with Gasteiger partial charge in [-0.05, 0) is 93.5 Å². The van der Waals surface area contributed by atoms with Gasteiger partial charge in [0.1, 0.15) is 13.2 Å². The maximum Gasteiger partial charge on any atom is 0.293 e. The van der Waals surface area contributed by atoms with Crippen molar-refractivity contribution in [3.05, 3.63) is 98.5 Å². The standard InChI is InChI=1S/C32H28INO6S/c1-3-38-28-18-21(17-25(33)30(28)40-20-23-11-8-10-22-9-4-5-12-24(22)23)19-29-31(35)34(32(36)41-29)15-16-39-27-14-7-6-13-26(27)37-2/h4-14,17-19H,3,15-16,20H2,1-2H3/b29-19-. The van der Waals surface area contributed by atoms with Crippen LogP contribution in [0.15, 0.2) is 83.8 Å². The zero-order valence-electron chi connectivity index (χ0n) is 22.6. The molecule has 4 aromatic carbocycles. The maximum absolute atomic E-state index is 13.1. The van der Waals surface area contributed by atoms with Gasteiger partial charge in [0.05, 0.1) is 28.7 Å². The third-order valence-corrected chi connectivity index (χ3v) is 8.11. The number of ether oxygens (including phenoxy) is 4. The molecule has 5 rings (SSSR count). The van der Waals surface area contributed by atoms with Crippen LogP contribution in [0.25, 0.3) is 16.8 Å². The molecule has 0 spiro atoms. The monoisotopic (exact) mass is 681 g/mol. The molecular weight excluding hydrogens is 653 g/mol. The number of hydrogen-bond acceptors (Lipinski definition) is 7. The molecule has 4 aromatic rings. The summed E-state index contributed by atoms with van der Waals surface area (Å²) in [5.41, 5.74) is 1.82. The van der Waals surface area contributed by atoms with E-state index in [1.54, 1.807) is 25.3 Å². The fraction of sp³-hybridized carbons (Fsp3) is 0.188. The van der Waals surface area contributed by atoms with Gasteiger partial charge in [-0.25, -0.2) is 0 Å². The van der Waals surface area contributed by atoms with Crippen LogP contribution in [0.1, 0.15) is 18.1 Å². The largest absolute Gasteiger partial charge is 0.493 e. The van der Waals surface area contributed by atoms with Crippen LogP contribution in [0, 0.1) is 3.57 Å². The van der Waals surface area contributed by atoms with Crippen molar-refractivity contribution in [2.24, 2.45) is 0 Å². The summed E-state index contributed by atoms with van der Waals surface area (Å²) in [7, 11) is 1.56. The number of imide groups is 1. The Morgan fingerprint density at radius 1 is 0.878 bits per heavy atom. The van der Waals surface area contributed by atoms with E-state index in [0.717, 1.165) is 37.2 Å². The highest BCUT2D eigenvalue weighted by atomic mass is 127. The van der Waals surface area contributed by atoms with E-state index in [2.05, 4.69) is 46.9 Å². The second-order valence-electron chi connectivity index (χ2n) is 9.02. The van der Waals surface area contributed by atoms with Gasteiger partial charge >= 0.3 is 0 Å². The van der Waals surface area contributed by atoms with Gasteiger partial charge in [-0.3, -0.25) is 14.5 Å². The molecule has 1 fully saturated rings. The third kappa shape index (κ3) is 6.62. The number of rotatable bonds is 11. The maximum atomic E-state index is 13.1. The lowest BCUT2D eigenvalue weighted by atomic mass is 10.1. The van der Waals surface area contributed by atoms with Crippen molar-refractivity contribution in [1.29, 1.82) is 0 Å². The second-order valence-corrected chi connectivity index (χ2v) is 11.2. The van der Waals surface area contributed by atoms with Crippen molar-refractivity contribution < 1.29 is 28.5 Å². The predicted octanol–water partition coefficient (Wildman–Crippen LogP) is 7.55. The smallest absolute Gasteiger partial charge is 0.293 e. The van der Waals surface area contributed by atoms with Crippen LogP contribution in [0.2, 0.25) is 0 Å². The Balaban J connectivity index is 1.30. The summed E-state index contributed by atoms with van der Waals surface area (Å²) >= 11 is 3.12. The minimum absolute atomic E-state index is 0.128. The second kappa shape index (κ2) is 13.3. The molecule has 0 atom stereocenters. The Hall–Kier alpha value is -3.70. The summed E-state index contributed by atoms with van der Waals surface area (Å²) in [6, 6.07) is 25.4. The van der Waals surface area contributed by atoms with E-state index in [4.69, 9.17) is 18.9 Å². The van der Waals surface area contributed by atoms with E-state index in [9.17, 15) is 9.59 Å². The Bertz CT molecular complexity index is 1620. The summed E-state index contributed by atoms with van der Waals surface area (Å²) < 4.78 is 24.1. The van der Waals surface area contributed by atoms with Crippen LogP contribution < -0.4 is 18.9 Å². The molecule has 2 amide bonds. The molecule has 0 saturated carbocycles. The molecule has 210 valence electrons. The lowest BCUT2D eigenvalue weighted by molar-refractivity contribution is -0.123. The van der Waals surface area contributed by atoms with Crippen LogP contribution in [-0.4, -0.2) is 42.9 Å². The van der Waals surface area contributed by atoms with Crippen molar-refractivity contribution in [1.82, 2.24) is 4.90 Å². The molecule has 0 bridgehead atoms. The number of thioether (sulfide) groups is 1. The van der Waals surface area contributed by atoms with Gasteiger partial charge < -0.3 is 18.9 Å². The van der Waals surface area contributed by atoms with Crippen LogP contribution in [0.5, 0.6) is 23.0 Å². The van der Waals surface area contributed by atoms with Crippen molar-refractivity contribution >= 4 is 62.3 Å². The van der Waals surface area contributed by atoms with Crippen molar-refractivity contribution in [2.45, 2.75) is 13.5 Å². The number of benzene rings is 4. The highest BCUT2D eigenvalue weighted by Crippen LogP contribution is 2.38. The Morgan fingerprint density at radius 3 is 2.44 bits per heavy atom. The molecule has 1 aliphatic heterocycles. The van der Waals surface area contributed by atoms with Gasteiger partial charge in [0.2, 0.25) is 0 Å². The number of nitrogens with zero attached hydrogens (tertiary/aromatic N) is 1.